The molecule has 0 saturated carbocycles. The van der Waals surface area contributed by atoms with Crippen molar-refractivity contribution in [3.8, 4) is 22.9 Å². The van der Waals surface area contributed by atoms with Gasteiger partial charge in [0.05, 0.1) is 0 Å². The first kappa shape index (κ1) is 14.8. The average molecular weight is 284 g/mol. The fraction of sp³-hybridized carbons (Fsp3) is 0.250. The van der Waals surface area contributed by atoms with Crippen LogP contribution in [0.4, 0.5) is 0 Å². The molecule has 0 unspecified atom stereocenters. The molecule has 8 heteroatoms. The zero-order valence-electron chi connectivity index (χ0n) is 10.8. The molecule has 0 spiro atoms. The molecule has 7 nitrogen and oxygen atoms in total. The summed E-state index contributed by atoms with van der Waals surface area (Å²) in [4.78, 5) is 14.5. The quantitative estimate of drug-likeness (QED) is 0.557. The van der Waals surface area contributed by atoms with Crippen molar-refractivity contribution in [1.82, 2.24) is 10.1 Å². The Bertz CT molecular complexity index is 628. The molecule has 98 valence electrons. The van der Waals surface area contributed by atoms with E-state index in [1.165, 1.54) is 0 Å². The fourth-order valence-corrected chi connectivity index (χ4v) is 1.72. The molecule has 0 atom stereocenters. The second-order valence-corrected chi connectivity index (χ2v) is 3.95. The molecule has 0 N–H and O–H groups in total. The SMILES string of the molecule is O=C([O-])CCc1nc(-c2ccc3c(c2)OCO3)no1.[Na+]. The van der Waals surface area contributed by atoms with Gasteiger partial charge in [-0.05, 0) is 24.6 Å². The van der Waals surface area contributed by atoms with E-state index in [9.17, 15) is 9.90 Å². The Hall–Kier alpha value is -1.57. The largest absolute Gasteiger partial charge is 1.00 e. The molecule has 1 aliphatic heterocycles. The van der Waals surface area contributed by atoms with E-state index in [1.807, 2.05) is 0 Å². The Morgan fingerprint density at radius 2 is 2.10 bits per heavy atom. The topological polar surface area (TPSA) is 97.5 Å². The molecule has 1 aliphatic rings. The number of carbonyl (C=O) groups excluding carboxylic acids is 1. The van der Waals surface area contributed by atoms with Crippen LogP contribution in [-0.4, -0.2) is 22.9 Å². The Morgan fingerprint density at radius 3 is 2.90 bits per heavy atom. The van der Waals surface area contributed by atoms with Crippen LogP contribution in [0.15, 0.2) is 22.7 Å². The standard InChI is InChI=1S/C12H10N2O5.Na/c15-11(16)4-3-10-13-12(14-19-10)7-1-2-8-9(5-7)18-6-17-8;/h1-2,5H,3-4,6H2,(H,15,16);/q;+1/p-1. The molecular formula is C12H9N2NaO5. The first-order valence-electron chi connectivity index (χ1n) is 5.65. The van der Waals surface area contributed by atoms with Crippen LogP contribution >= 0.6 is 0 Å². The van der Waals surface area contributed by atoms with Crippen molar-refractivity contribution < 1.29 is 53.5 Å². The van der Waals surface area contributed by atoms with Crippen LogP contribution in [0.5, 0.6) is 11.5 Å². The summed E-state index contributed by atoms with van der Waals surface area (Å²) >= 11 is 0. The minimum Gasteiger partial charge on any atom is -0.550 e. The van der Waals surface area contributed by atoms with Gasteiger partial charge < -0.3 is 23.9 Å². The molecule has 0 radical (unpaired) electrons. The number of rotatable bonds is 4. The maximum Gasteiger partial charge on any atom is 1.00 e. The number of fused-ring (bicyclic) bond motifs is 1. The predicted octanol–water partition coefficient (Wildman–Crippen LogP) is -2.85. The molecule has 2 aromatic rings. The maximum absolute atomic E-state index is 10.3. The van der Waals surface area contributed by atoms with Crippen molar-refractivity contribution in [3.63, 3.8) is 0 Å². The van der Waals surface area contributed by atoms with Crippen molar-refractivity contribution in [2.24, 2.45) is 0 Å². The molecular weight excluding hydrogens is 275 g/mol. The Labute approximate surface area is 136 Å². The molecule has 0 amide bonds. The summed E-state index contributed by atoms with van der Waals surface area (Å²) < 4.78 is 15.4. The van der Waals surface area contributed by atoms with E-state index in [-0.39, 0.29) is 55.1 Å². The monoisotopic (exact) mass is 284 g/mol. The van der Waals surface area contributed by atoms with E-state index in [0.29, 0.717) is 22.9 Å². The van der Waals surface area contributed by atoms with E-state index in [0.717, 1.165) is 0 Å². The van der Waals surface area contributed by atoms with Gasteiger partial charge in [0.25, 0.3) is 0 Å². The number of ether oxygens (including phenoxy) is 2. The van der Waals surface area contributed by atoms with Gasteiger partial charge in [0.1, 0.15) is 0 Å². The van der Waals surface area contributed by atoms with Gasteiger partial charge >= 0.3 is 29.6 Å². The zero-order valence-corrected chi connectivity index (χ0v) is 12.8. The molecule has 0 saturated heterocycles. The second-order valence-electron chi connectivity index (χ2n) is 3.95. The molecule has 0 aliphatic carbocycles. The summed E-state index contributed by atoms with van der Waals surface area (Å²) in [5.74, 6) is 0.786. The second kappa shape index (κ2) is 6.25. The van der Waals surface area contributed by atoms with Crippen LogP contribution in [0.3, 0.4) is 0 Å². The summed E-state index contributed by atoms with van der Waals surface area (Å²) in [6, 6.07) is 5.28. The van der Waals surface area contributed by atoms with Gasteiger partial charge in [-0.2, -0.15) is 4.98 Å². The Balaban J connectivity index is 0.00000147. The molecule has 1 aromatic heterocycles. The van der Waals surface area contributed by atoms with Crippen molar-refractivity contribution in [2.75, 3.05) is 6.79 Å². The van der Waals surface area contributed by atoms with Gasteiger partial charge in [-0.15, -0.1) is 0 Å². The first-order valence-corrected chi connectivity index (χ1v) is 5.65. The van der Waals surface area contributed by atoms with Crippen LogP contribution in [0.2, 0.25) is 0 Å². The van der Waals surface area contributed by atoms with Crippen molar-refractivity contribution in [2.45, 2.75) is 12.8 Å². The summed E-state index contributed by atoms with van der Waals surface area (Å²) in [5, 5.41) is 14.1. The Morgan fingerprint density at radius 1 is 1.30 bits per heavy atom. The van der Waals surface area contributed by atoms with Crippen molar-refractivity contribution >= 4 is 5.97 Å². The molecule has 0 fully saturated rings. The van der Waals surface area contributed by atoms with Gasteiger partial charge in [0, 0.05) is 18.0 Å². The average Bonchev–Trinajstić information content (AvgIpc) is 3.04. The normalized spacial score (nSPS) is 12.0. The van der Waals surface area contributed by atoms with Crippen LogP contribution in [0.25, 0.3) is 11.4 Å². The minimum absolute atomic E-state index is 0. The summed E-state index contributed by atoms with van der Waals surface area (Å²) in [6.45, 7) is 0.196. The van der Waals surface area contributed by atoms with Crippen molar-refractivity contribution in [1.29, 1.82) is 0 Å². The fourth-order valence-electron chi connectivity index (χ4n) is 1.72. The molecule has 3 rings (SSSR count). The molecule has 0 bridgehead atoms. The van der Waals surface area contributed by atoms with Gasteiger partial charge in [-0.1, -0.05) is 5.16 Å². The minimum atomic E-state index is -1.15. The number of carbonyl (C=O) groups is 1. The van der Waals surface area contributed by atoms with Crippen LogP contribution < -0.4 is 44.1 Å². The zero-order chi connectivity index (χ0) is 13.2. The number of hydrogen-bond acceptors (Lipinski definition) is 7. The molecule has 2 heterocycles. The third-order valence-electron chi connectivity index (χ3n) is 2.64. The van der Waals surface area contributed by atoms with Gasteiger partial charge in [0.2, 0.25) is 18.5 Å². The summed E-state index contributed by atoms with van der Waals surface area (Å²) in [7, 11) is 0. The van der Waals surface area contributed by atoms with Crippen LogP contribution in [0.1, 0.15) is 12.3 Å². The van der Waals surface area contributed by atoms with E-state index in [2.05, 4.69) is 10.1 Å². The van der Waals surface area contributed by atoms with Crippen LogP contribution in [0, 0.1) is 0 Å². The number of nitrogens with zero attached hydrogens (tertiary/aromatic N) is 2. The number of aromatic nitrogens is 2. The molecule has 1 aromatic carbocycles. The van der Waals surface area contributed by atoms with Gasteiger partial charge in [-0.25, -0.2) is 0 Å². The molecule has 20 heavy (non-hydrogen) atoms. The number of benzene rings is 1. The van der Waals surface area contributed by atoms with Crippen molar-refractivity contribution in [3.05, 3.63) is 24.1 Å². The van der Waals surface area contributed by atoms with E-state index in [1.54, 1.807) is 18.2 Å². The third kappa shape index (κ3) is 3.12. The van der Waals surface area contributed by atoms with E-state index < -0.39 is 5.97 Å². The number of aliphatic carboxylic acids is 1. The summed E-state index contributed by atoms with van der Waals surface area (Å²) in [5.41, 5.74) is 0.715. The maximum atomic E-state index is 10.3. The predicted molar refractivity (Wildman–Crippen MR) is 59.2 cm³/mol. The van der Waals surface area contributed by atoms with E-state index >= 15 is 0 Å². The number of aryl methyl sites for hydroxylation is 1. The summed E-state index contributed by atoms with van der Waals surface area (Å²) in [6.07, 6.45) is 0.00264. The van der Waals surface area contributed by atoms with E-state index in [4.69, 9.17) is 14.0 Å². The Kier molecular flexibility index (Phi) is 4.64. The van der Waals surface area contributed by atoms with Gasteiger partial charge in [-0.3, -0.25) is 0 Å². The first-order chi connectivity index (χ1) is 9.22. The van der Waals surface area contributed by atoms with Crippen LogP contribution in [-0.2, 0) is 11.2 Å². The van der Waals surface area contributed by atoms with Gasteiger partial charge in [0.15, 0.2) is 11.5 Å². The number of carboxylic acid groups (broad SMARTS) is 1. The number of hydrogen-bond donors (Lipinski definition) is 0. The number of carboxylic acids is 1. The third-order valence-corrected chi connectivity index (χ3v) is 2.64. The smallest absolute Gasteiger partial charge is 0.550 e.